The number of carbonyl (C=O) groups excluding carboxylic acids is 2. The number of anilines is 1. The number of likely N-dealkylation sites (N-methyl/N-ethyl adjacent to an activating group) is 1. The zero-order valence-corrected chi connectivity index (χ0v) is 20.7. The molecule has 2 aromatic rings. The van der Waals surface area contributed by atoms with Gasteiger partial charge in [-0.05, 0) is 50.1 Å². The number of carbonyl (C=O) groups is 2. The summed E-state index contributed by atoms with van der Waals surface area (Å²) in [5.74, 6) is 6.02. The highest BCUT2D eigenvalue weighted by molar-refractivity contribution is 5.97. The third-order valence-corrected chi connectivity index (χ3v) is 6.42. The summed E-state index contributed by atoms with van der Waals surface area (Å²) < 4.78 is 19.4. The van der Waals surface area contributed by atoms with Gasteiger partial charge in [-0.15, -0.1) is 0 Å². The van der Waals surface area contributed by atoms with Crippen LogP contribution in [0, 0.1) is 29.5 Å². The van der Waals surface area contributed by atoms with Gasteiger partial charge in [-0.2, -0.15) is 0 Å². The number of nitrogens with zero attached hydrogens (tertiary/aromatic N) is 3. The zero-order valence-electron chi connectivity index (χ0n) is 20.7. The van der Waals surface area contributed by atoms with Crippen molar-refractivity contribution in [2.75, 3.05) is 32.1 Å². The highest BCUT2D eigenvalue weighted by Crippen LogP contribution is 2.29. The van der Waals surface area contributed by atoms with Crippen molar-refractivity contribution in [3.63, 3.8) is 0 Å². The molecule has 0 unspecified atom stereocenters. The van der Waals surface area contributed by atoms with Gasteiger partial charge in [-0.3, -0.25) is 4.79 Å². The number of fused-ring (bicyclic) bond motifs is 1. The summed E-state index contributed by atoms with van der Waals surface area (Å²) >= 11 is 0. The Kier molecular flexibility index (Phi) is 7.75. The van der Waals surface area contributed by atoms with Crippen molar-refractivity contribution in [1.29, 1.82) is 0 Å². The van der Waals surface area contributed by atoms with E-state index >= 15 is 0 Å². The molecule has 2 N–H and O–H groups in total. The lowest BCUT2D eigenvalue weighted by atomic mass is 10.00. The van der Waals surface area contributed by atoms with Crippen LogP contribution in [0.2, 0.25) is 0 Å². The van der Waals surface area contributed by atoms with Crippen molar-refractivity contribution < 1.29 is 23.8 Å². The first kappa shape index (κ1) is 25.5. The molecule has 0 spiro atoms. The normalized spacial score (nSPS) is 20.1. The van der Waals surface area contributed by atoms with Crippen LogP contribution in [0.25, 0.3) is 0 Å². The third-order valence-electron chi connectivity index (χ3n) is 6.42. The lowest BCUT2D eigenvalue weighted by Gasteiger charge is -2.37. The van der Waals surface area contributed by atoms with E-state index in [9.17, 15) is 19.1 Å². The van der Waals surface area contributed by atoms with Crippen LogP contribution in [0.5, 0.6) is 5.88 Å². The van der Waals surface area contributed by atoms with Gasteiger partial charge in [0.05, 0.1) is 19.2 Å². The number of aromatic nitrogens is 1. The first-order valence-corrected chi connectivity index (χ1v) is 12.1. The molecular formula is C27H31FN4O4. The molecule has 1 aliphatic carbocycles. The molecule has 190 valence electrons. The Morgan fingerprint density at radius 1 is 1.36 bits per heavy atom. The highest BCUT2D eigenvalue weighted by Gasteiger charge is 2.34. The maximum absolute atomic E-state index is 13.4. The molecule has 36 heavy (non-hydrogen) atoms. The zero-order chi connectivity index (χ0) is 25.8. The van der Waals surface area contributed by atoms with E-state index in [0.717, 1.165) is 12.8 Å². The fraction of sp³-hybridized carbons (Fsp3) is 0.444. The van der Waals surface area contributed by atoms with E-state index in [-0.39, 0.29) is 48.3 Å². The number of ether oxygens (including phenoxy) is 1. The lowest BCUT2D eigenvalue weighted by Crippen LogP contribution is -2.50. The van der Waals surface area contributed by atoms with Crippen molar-refractivity contribution in [3.05, 3.63) is 53.5 Å². The lowest BCUT2D eigenvalue weighted by molar-refractivity contribution is 0.0356. The second-order valence-corrected chi connectivity index (χ2v) is 9.56. The summed E-state index contributed by atoms with van der Waals surface area (Å²) in [7, 11) is 1.64. The van der Waals surface area contributed by atoms with Crippen molar-refractivity contribution in [3.8, 4) is 17.7 Å². The first-order valence-electron chi connectivity index (χ1n) is 12.1. The Morgan fingerprint density at radius 3 is 2.75 bits per heavy atom. The van der Waals surface area contributed by atoms with Crippen molar-refractivity contribution >= 4 is 17.6 Å². The number of pyridine rings is 1. The number of hydrogen-bond donors (Lipinski definition) is 2. The Balaban J connectivity index is 1.57. The number of benzene rings is 1. The second-order valence-electron chi connectivity index (χ2n) is 9.56. The van der Waals surface area contributed by atoms with Gasteiger partial charge in [0.1, 0.15) is 17.5 Å². The molecule has 8 nitrogen and oxygen atoms in total. The topological polar surface area (TPSA) is 95.0 Å². The standard InChI is InChI=1S/C27H31FN4O4/c1-17-14-32(18(2)16-33)26(34)23-12-20(7-6-19-4-5-19)13-29-25(23)36-24(17)15-31(3)27(35)30-22-10-8-21(28)9-11-22/h8-13,17-19,24,33H,4-5,14-16H2,1-3H3,(H,30,35)/t17-,18+,24-/m1/s1. The van der Waals surface area contributed by atoms with Crippen LogP contribution in [-0.2, 0) is 0 Å². The molecule has 0 saturated heterocycles. The van der Waals surface area contributed by atoms with Gasteiger partial charge in [0.2, 0.25) is 5.88 Å². The van der Waals surface area contributed by atoms with Gasteiger partial charge >= 0.3 is 6.03 Å². The van der Waals surface area contributed by atoms with Gasteiger partial charge in [-0.25, -0.2) is 14.2 Å². The molecule has 0 radical (unpaired) electrons. The van der Waals surface area contributed by atoms with Crippen molar-refractivity contribution in [2.24, 2.45) is 11.8 Å². The predicted molar refractivity (Wildman–Crippen MR) is 133 cm³/mol. The van der Waals surface area contributed by atoms with E-state index in [0.29, 0.717) is 23.7 Å². The molecule has 2 aliphatic rings. The molecule has 1 aliphatic heterocycles. The van der Waals surface area contributed by atoms with Gasteiger partial charge in [0, 0.05) is 42.9 Å². The average Bonchev–Trinajstić information content (AvgIpc) is 3.70. The molecule has 1 fully saturated rings. The predicted octanol–water partition coefficient (Wildman–Crippen LogP) is 3.37. The van der Waals surface area contributed by atoms with Crippen LogP contribution in [0.3, 0.4) is 0 Å². The quantitative estimate of drug-likeness (QED) is 0.622. The summed E-state index contributed by atoms with van der Waals surface area (Å²) in [6, 6.07) is 6.42. The number of hydrogen-bond acceptors (Lipinski definition) is 5. The molecule has 4 rings (SSSR count). The second kappa shape index (κ2) is 11.0. The molecule has 2 heterocycles. The van der Waals surface area contributed by atoms with E-state index in [4.69, 9.17) is 4.74 Å². The van der Waals surface area contributed by atoms with Gasteiger partial charge in [0.25, 0.3) is 5.91 Å². The van der Waals surface area contributed by atoms with Crippen LogP contribution < -0.4 is 10.1 Å². The molecule has 1 saturated carbocycles. The fourth-order valence-electron chi connectivity index (χ4n) is 3.91. The smallest absolute Gasteiger partial charge is 0.321 e. The monoisotopic (exact) mass is 494 g/mol. The van der Waals surface area contributed by atoms with Crippen molar-refractivity contribution in [1.82, 2.24) is 14.8 Å². The summed E-state index contributed by atoms with van der Waals surface area (Å²) in [5, 5.41) is 12.5. The van der Waals surface area contributed by atoms with Crippen molar-refractivity contribution in [2.45, 2.75) is 38.8 Å². The van der Waals surface area contributed by atoms with Crippen LogP contribution in [0.1, 0.15) is 42.6 Å². The Labute approximate surface area is 210 Å². The summed E-state index contributed by atoms with van der Waals surface area (Å²) in [6.45, 7) is 4.08. The number of rotatable bonds is 5. The number of amides is 3. The molecule has 3 atom stereocenters. The van der Waals surface area contributed by atoms with Crippen LogP contribution >= 0.6 is 0 Å². The number of aliphatic hydroxyl groups is 1. The van der Waals surface area contributed by atoms with E-state index in [1.54, 1.807) is 31.1 Å². The molecule has 1 aromatic heterocycles. The summed E-state index contributed by atoms with van der Waals surface area (Å²) in [5.41, 5.74) is 1.39. The molecule has 9 heteroatoms. The largest absolute Gasteiger partial charge is 0.472 e. The number of nitrogens with one attached hydrogen (secondary N) is 1. The van der Waals surface area contributed by atoms with Crippen LogP contribution in [-0.4, -0.2) is 70.7 Å². The van der Waals surface area contributed by atoms with Gasteiger partial charge in [0.15, 0.2) is 0 Å². The third kappa shape index (κ3) is 6.13. The Bertz CT molecular complexity index is 1170. The summed E-state index contributed by atoms with van der Waals surface area (Å²) in [6.07, 6.45) is 3.30. The van der Waals surface area contributed by atoms with Gasteiger partial charge in [-0.1, -0.05) is 18.8 Å². The minimum Gasteiger partial charge on any atom is -0.472 e. The maximum atomic E-state index is 13.4. The molecule has 1 aromatic carbocycles. The number of halogens is 1. The first-order chi connectivity index (χ1) is 17.2. The van der Waals surface area contributed by atoms with E-state index in [1.165, 1.54) is 29.2 Å². The van der Waals surface area contributed by atoms with Gasteiger partial charge < -0.3 is 25.0 Å². The average molecular weight is 495 g/mol. The van der Waals surface area contributed by atoms with Crippen LogP contribution in [0.4, 0.5) is 14.9 Å². The minimum absolute atomic E-state index is 0.173. The van der Waals surface area contributed by atoms with E-state index in [2.05, 4.69) is 22.1 Å². The fourth-order valence-corrected chi connectivity index (χ4v) is 3.91. The Morgan fingerprint density at radius 2 is 2.08 bits per heavy atom. The molecular weight excluding hydrogens is 463 g/mol. The molecule has 3 amide bonds. The SMILES string of the molecule is C[C@@H]1CN([C@@H](C)CO)C(=O)c2cc(C#CC3CC3)cnc2O[C@@H]1CN(C)C(=O)Nc1ccc(F)cc1. The Hall–Kier alpha value is -3.64. The van der Waals surface area contributed by atoms with Crippen LogP contribution in [0.15, 0.2) is 36.5 Å². The highest BCUT2D eigenvalue weighted by atomic mass is 19.1. The summed E-state index contributed by atoms with van der Waals surface area (Å²) in [4.78, 5) is 33.7. The van der Waals surface area contributed by atoms with E-state index < -0.39 is 12.1 Å². The minimum atomic E-state index is -0.481. The van der Waals surface area contributed by atoms with E-state index in [1.807, 2.05) is 6.92 Å². The maximum Gasteiger partial charge on any atom is 0.321 e. The number of aliphatic hydroxyl groups excluding tert-OH is 1. The molecule has 0 bridgehead atoms. The number of urea groups is 1.